The molecule has 5 heteroatoms. The van der Waals surface area contributed by atoms with Gasteiger partial charge in [0, 0.05) is 14.1 Å². The van der Waals surface area contributed by atoms with Gasteiger partial charge >= 0.3 is 6.15 Å². The molecule has 0 aliphatic rings. The fourth-order valence-electron chi connectivity index (χ4n) is 0. The van der Waals surface area contributed by atoms with Crippen LogP contribution in [0.25, 0.3) is 0 Å². The molecule has 0 fully saturated rings. The fraction of sp³-hybridized carbons (Fsp3) is 0.500. The summed E-state index contributed by atoms with van der Waals surface area (Å²) in [6.45, 7) is 0. The smallest absolute Gasteiger partial charge is 0.370 e. The first-order valence-electron chi connectivity index (χ1n) is 2.06. The van der Waals surface area contributed by atoms with Crippen LogP contribution in [0.5, 0.6) is 0 Å². The molecular weight excluding hydrogens is 122 g/mol. The second-order valence-corrected chi connectivity index (χ2v) is 1.36. The van der Waals surface area contributed by atoms with Crippen molar-refractivity contribution in [3.8, 4) is 0 Å². The lowest BCUT2D eigenvalue weighted by Gasteiger charge is -2.05. The van der Waals surface area contributed by atoms with Gasteiger partial charge in [-0.1, -0.05) is 0 Å². The highest BCUT2D eigenvalue weighted by Crippen LogP contribution is 1.62. The molecule has 9 heavy (non-hydrogen) atoms. The molecule has 0 saturated heterocycles. The highest BCUT2D eigenvalue weighted by molar-refractivity contribution is 5.73. The molecular formula is C4H9N3O2. The van der Waals surface area contributed by atoms with Crippen LogP contribution in [0.4, 0.5) is 0 Å². The Morgan fingerprint density at radius 2 is 1.67 bits per heavy atom. The van der Waals surface area contributed by atoms with E-state index < -0.39 is 0 Å². The summed E-state index contributed by atoms with van der Waals surface area (Å²) in [5.74, 6) is 0.0926. The van der Waals surface area contributed by atoms with Crippen molar-refractivity contribution in [2.24, 2.45) is 5.73 Å². The quantitative estimate of drug-likeness (QED) is 0.321. The van der Waals surface area contributed by atoms with Crippen molar-refractivity contribution in [1.82, 2.24) is 4.90 Å². The summed E-state index contributed by atoms with van der Waals surface area (Å²) in [5.41, 5.74) is 4.94. The van der Waals surface area contributed by atoms with Gasteiger partial charge in [0.15, 0.2) is 5.96 Å². The molecule has 0 spiro atoms. The fourth-order valence-corrected chi connectivity index (χ4v) is 0. The Bertz CT molecular complexity index is 115. The maximum absolute atomic E-state index is 8.12. The number of rotatable bonds is 0. The number of carbonyl (C=O) groups excluding carboxylic acids is 2. The molecule has 0 saturated carbocycles. The Morgan fingerprint density at radius 3 is 1.67 bits per heavy atom. The summed E-state index contributed by atoms with van der Waals surface area (Å²) in [6, 6.07) is 0. The number of nitrogens with two attached hydrogens (primary N) is 1. The van der Waals surface area contributed by atoms with Gasteiger partial charge in [0.2, 0.25) is 0 Å². The molecule has 0 amide bonds. The van der Waals surface area contributed by atoms with Crippen molar-refractivity contribution in [3.05, 3.63) is 0 Å². The second-order valence-electron chi connectivity index (χ2n) is 1.36. The molecule has 3 N–H and O–H groups in total. The van der Waals surface area contributed by atoms with Crippen molar-refractivity contribution in [1.29, 1.82) is 5.41 Å². The van der Waals surface area contributed by atoms with Crippen LogP contribution in [-0.4, -0.2) is 31.1 Å². The molecule has 0 heterocycles. The van der Waals surface area contributed by atoms with E-state index >= 15 is 0 Å². The predicted molar refractivity (Wildman–Crippen MR) is 30.6 cm³/mol. The van der Waals surface area contributed by atoms with Crippen LogP contribution in [-0.2, 0) is 9.59 Å². The highest BCUT2D eigenvalue weighted by atomic mass is 16.2. The molecule has 0 rings (SSSR count). The summed E-state index contributed by atoms with van der Waals surface area (Å²) < 4.78 is 0. The van der Waals surface area contributed by atoms with E-state index in [1.54, 1.807) is 14.1 Å². The monoisotopic (exact) mass is 131 g/mol. The number of hydrogen-bond donors (Lipinski definition) is 2. The van der Waals surface area contributed by atoms with E-state index in [0.717, 1.165) is 0 Å². The molecule has 0 bridgehead atoms. The van der Waals surface area contributed by atoms with Gasteiger partial charge in [-0.25, -0.2) is 0 Å². The van der Waals surface area contributed by atoms with Crippen LogP contribution in [0.15, 0.2) is 0 Å². The van der Waals surface area contributed by atoms with Crippen LogP contribution in [0.1, 0.15) is 0 Å². The van der Waals surface area contributed by atoms with Gasteiger partial charge in [-0.15, -0.1) is 0 Å². The average molecular weight is 131 g/mol. The van der Waals surface area contributed by atoms with Crippen molar-refractivity contribution >= 4 is 12.1 Å². The number of hydrogen-bond acceptors (Lipinski definition) is 3. The largest absolute Gasteiger partial charge is 0.373 e. The Hall–Kier alpha value is -1.35. The second kappa shape index (κ2) is 6.65. The van der Waals surface area contributed by atoms with E-state index in [9.17, 15) is 0 Å². The molecule has 0 unspecified atom stereocenters. The zero-order valence-corrected chi connectivity index (χ0v) is 5.34. The van der Waals surface area contributed by atoms with E-state index in [4.69, 9.17) is 20.7 Å². The molecule has 0 aliphatic carbocycles. The Kier molecular flexibility index (Phi) is 7.83. The zero-order valence-electron chi connectivity index (χ0n) is 5.34. The van der Waals surface area contributed by atoms with Crippen LogP contribution in [0.3, 0.4) is 0 Å². The maximum atomic E-state index is 8.12. The van der Waals surface area contributed by atoms with Gasteiger partial charge in [0.05, 0.1) is 0 Å². The van der Waals surface area contributed by atoms with Gasteiger partial charge in [-0.05, 0) is 0 Å². The third-order valence-electron chi connectivity index (χ3n) is 0.482. The lowest BCUT2D eigenvalue weighted by atomic mass is 10.8. The Balaban J connectivity index is 0. The Morgan fingerprint density at radius 1 is 1.56 bits per heavy atom. The van der Waals surface area contributed by atoms with E-state index in [1.807, 2.05) is 0 Å². The minimum Gasteiger partial charge on any atom is -0.370 e. The molecule has 0 aromatic heterocycles. The standard InChI is InChI=1S/C3H9N3.CO2/c1-6(2)3(4)5;2-1-3/h1-2H3,(H3,4,5);. The van der Waals surface area contributed by atoms with Gasteiger partial charge in [-0.3, -0.25) is 5.41 Å². The van der Waals surface area contributed by atoms with Crippen molar-refractivity contribution in [2.75, 3.05) is 14.1 Å². The van der Waals surface area contributed by atoms with Crippen LogP contribution in [0.2, 0.25) is 0 Å². The molecule has 0 aliphatic heterocycles. The number of guanidine groups is 1. The average Bonchev–Trinajstić information content (AvgIpc) is 1.68. The van der Waals surface area contributed by atoms with E-state index in [-0.39, 0.29) is 12.1 Å². The van der Waals surface area contributed by atoms with Gasteiger partial charge < -0.3 is 10.6 Å². The minimum atomic E-state index is 0.0926. The third kappa shape index (κ3) is 20.5. The first-order chi connectivity index (χ1) is 4.06. The first-order valence-corrected chi connectivity index (χ1v) is 2.06. The van der Waals surface area contributed by atoms with Gasteiger partial charge in [0.25, 0.3) is 0 Å². The number of nitrogens with one attached hydrogen (secondary N) is 1. The van der Waals surface area contributed by atoms with Crippen LogP contribution in [0, 0.1) is 5.41 Å². The lowest BCUT2D eigenvalue weighted by Crippen LogP contribution is -2.28. The molecule has 0 atom stereocenters. The summed E-state index contributed by atoms with van der Waals surface area (Å²) in [6.07, 6.45) is 0.250. The lowest BCUT2D eigenvalue weighted by molar-refractivity contribution is -0.191. The number of nitrogens with zero attached hydrogens (tertiary/aromatic N) is 1. The predicted octanol–water partition coefficient (Wildman–Crippen LogP) is -1.14. The minimum absolute atomic E-state index is 0.0926. The summed E-state index contributed by atoms with van der Waals surface area (Å²) in [4.78, 5) is 17.8. The van der Waals surface area contributed by atoms with E-state index in [1.165, 1.54) is 4.90 Å². The van der Waals surface area contributed by atoms with Gasteiger partial charge in [0.1, 0.15) is 0 Å². The van der Waals surface area contributed by atoms with E-state index in [0.29, 0.717) is 0 Å². The van der Waals surface area contributed by atoms with E-state index in [2.05, 4.69) is 0 Å². The molecule has 52 valence electrons. The summed E-state index contributed by atoms with van der Waals surface area (Å²) >= 11 is 0. The third-order valence-corrected chi connectivity index (χ3v) is 0.482. The summed E-state index contributed by atoms with van der Waals surface area (Å²) in [5, 5.41) is 6.65. The molecule has 5 nitrogen and oxygen atoms in total. The maximum Gasteiger partial charge on any atom is 0.373 e. The highest BCUT2D eigenvalue weighted by Gasteiger charge is 1.82. The van der Waals surface area contributed by atoms with Crippen LogP contribution < -0.4 is 5.73 Å². The zero-order chi connectivity index (χ0) is 7.86. The topological polar surface area (TPSA) is 87.2 Å². The SMILES string of the molecule is CN(C)C(=N)N.O=C=O. The van der Waals surface area contributed by atoms with Crippen molar-refractivity contribution < 1.29 is 9.59 Å². The van der Waals surface area contributed by atoms with Gasteiger partial charge in [-0.2, -0.15) is 9.59 Å². The molecule has 0 aromatic carbocycles. The molecule has 0 radical (unpaired) electrons. The normalized spacial score (nSPS) is 6.00. The van der Waals surface area contributed by atoms with Crippen molar-refractivity contribution in [2.45, 2.75) is 0 Å². The van der Waals surface area contributed by atoms with Crippen molar-refractivity contribution in [3.63, 3.8) is 0 Å². The van der Waals surface area contributed by atoms with Crippen LogP contribution >= 0.6 is 0 Å². The Labute approximate surface area is 52.9 Å². The molecule has 0 aromatic rings. The first kappa shape index (κ1) is 10.6. The summed E-state index contributed by atoms with van der Waals surface area (Å²) in [7, 11) is 3.45.